The topological polar surface area (TPSA) is 122 Å². The summed E-state index contributed by atoms with van der Waals surface area (Å²) in [5.41, 5.74) is 1.25. The van der Waals surface area contributed by atoms with Crippen LogP contribution in [0.1, 0.15) is 29.1 Å². The number of hydrogen-bond donors (Lipinski definition) is 2. The van der Waals surface area contributed by atoms with Crippen molar-refractivity contribution in [1.29, 1.82) is 0 Å². The van der Waals surface area contributed by atoms with Crippen molar-refractivity contribution in [3.63, 3.8) is 0 Å². The molecule has 3 aromatic rings. The van der Waals surface area contributed by atoms with Crippen LogP contribution in [0.5, 0.6) is 0 Å². The van der Waals surface area contributed by atoms with Gasteiger partial charge in [0.2, 0.25) is 12.3 Å². The molecule has 0 bridgehead atoms. The van der Waals surface area contributed by atoms with Crippen molar-refractivity contribution >= 4 is 5.91 Å². The third-order valence-corrected chi connectivity index (χ3v) is 2.85. The Morgan fingerprint density at radius 1 is 1.29 bits per heavy atom. The minimum atomic E-state index is -0.341. The SMILES string of the molecule is CC(NC(=O)c1ccc(-c2nnco2)cc1)c1nn[nH]n1. The van der Waals surface area contributed by atoms with Gasteiger partial charge >= 0.3 is 0 Å². The van der Waals surface area contributed by atoms with Gasteiger partial charge in [0.1, 0.15) is 0 Å². The van der Waals surface area contributed by atoms with Crippen molar-refractivity contribution in [2.45, 2.75) is 13.0 Å². The number of nitrogens with zero attached hydrogens (tertiary/aromatic N) is 5. The Hall–Kier alpha value is -3.10. The highest BCUT2D eigenvalue weighted by atomic mass is 16.4. The number of carbonyl (C=O) groups is 1. The molecule has 1 amide bonds. The summed E-state index contributed by atoms with van der Waals surface area (Å²) in [5.74, 6) is 0.595. The van der Waals surface area contributed by atoms with Gasteiger partial charge < -0.3 is 9.73 Å². The Morgan fingerprint density at radius 2 is 2.10 bits per heavy atom. The molecule has 2 heterocycles. The number of aromatic amines is 1. The van der Waals surface area contributed by atoms with E-state index in [0.29, 0.717) is 17.3 Å². The van der Waals surface area contributed by atoms with Crippen molar-refractivity contribution in [1.82, 2.24) is 36.1 Å². The van der Waals surface area contributed by atoms with Gasteiger partial charge in [-0.05, 0) is 31.2 Å². The standard InChI is InChI=1S/C12H11N7O2/c1-7(10-15-18-19-16-10)14-11(20)8-2-4-9(5-3-8)12-17-13-6-21-12/h2-7H,1H3,(H,14,20)(H,15,16,18,19). The van der Waals surface area contributed by atoms with E-state index in [4.69, 9.17) is 4.42 Å². The van der Waals surface area contributed by atoms with Crippen molar-refractivity contribution in [3.05, 3.63) is 42.0 Å². The molecule has 0 aliphatic rings. The van der Waals surface area contributed by atoms with Crippen LogP contribution in [-0.2, 0) is 0 Å². The molecule has 0 saturated carbocycles. The predicted molar refractivity (Wildman–Crippen MR) is 69.8 cm³/mol. The Kier molecular flexibility index (Phi) is 3.37. The number of tetrazole rings is 1. The molecule has 0 aliphatic carbocycles. The largest absolute Gasteiger partial charge is 0.423 e. The molecule has 0 radical (unpaired) electrons. The zero-order chi connectivity index (χ0) is 14.7. The number of amides is 1. The van der Waals surface area contributed by atoms with Gasteiger partial charge in [0.15, 0.2) is 5.82 Å². The van der Waals surface area contributed by atoms with E-state index in [9.17, 15) is 4.79 Å². The summed E-state index contributed by atoms with van der Waals surface area (Å²) in [5, 5.41) is 23.6. The maximum atomic E-state index is 12.1. The van der Waals surface area contributed by atoms with Gasteiger partial charge in [0.25, 0.3) is 5.91 Å². The van der Waals surface area contributed by atoms with E-state index in [1.807, 2.05) is 0 Å². The summed E-state index contributed by atoms with van der Waals surface area (Å²) in [6.07, 6.45) is 1.25. The van der Waals surface area contributed by atoms with Gasteiger partial charge in [-0.2, -0.15) is 5.21 Å². The van der Waals surface area contributed by atoms with E-state index < -0.39 is 0 Å². The summed E-state index contributed by atoms with van der Waals surface area (Å²) >= 11 is 0. The van der Waals surface area contributed by atoms with E-state index >= 15 is 0 Å². The smallest absolute Gasteiger partial charge is 0.251 e. The first-order valence-electron chi connectivity index (χ1n) is 6.15. The molecular formula is C12H11N7O2. The average molecular weight is 285 g/mol. The van der Waals surface area contributed by atoms with Crippen LogP contribution in [0.15, 0.2) is 35.1 Å². The van der Waals surface area contributed by atoms with Crippen LogP contribution in [-0.4, -0.2) is 36.7 Å². The zero-order valence-corrected chi connectivity index (χ0v) is 11.0. The molecule has 0 fully saturated rings. The second-order valence-electron chi connectivity index (χ2n) is 4.29. The summed E-state index contributed by atoms with van der Waals surface area (Å²) < 4.78 is 5.08. The second kappa shape index (κ2) is 5.49. The van der Waals surface area contributed by atoms with Gasteiger partial charge in [-0.25, -0.2) is 0 Å². The van der Waals surface area contributed by atoms with Crippen LogP contribution in [0.2, 0.25) is 0 Å². The van der Waals surface area contributed by atoms with Crippen molar-refractivity contribution in [2.24, 2.45) is 0 Å². The number of aromatic nitrogens is 6. The molecule has 1 unspecified atom stereocenters. The monoisotopic (exact) mass is 285 g/mol. The number of benzene rings is 1. The number of H-pyrrole nitrogens is 1. The third kappa shape index (κ3) is 2.76. The molecule has 1 aromatic carbocycles. The van der Waals surface area contributed by atoms with Crippen LogP contribution < -0.4 is 5.32 Å². The predicted octanol–water partition coefficient (Wildman–Crippen LogP) is 0.741. The molecular weight excluding hydrogens is 274 g/mol. The van der Waals surface area contributed by atoms with E-state index in [1.54, 1.807) is 31.2 Å². The van der Waals surface area contributed by atoms with Crippen molar-refractivity contribution in [3.8, 4) is 11.5 Å². The van der Waals surface area contributed by atoms with E-state index in [2.05, 4.69) is 36.1 Å². The van der Waals surface area contributed by atoms with Gasteiger partial charge in [0.05, 0.1) is 6.04 Å². The lowest BCUT2D eigenvalue weighted by atomic mass is 10.1. The normalized spacial score (nSPS) is 12.0. The lowest BCUT2D eigenvalue weighted by molar-refractivity contribution is 0.0938. The van der Waals surface area contributed by atoms with Gasteiger partial charge in [-0.1, -0.05) is 5.21 Å². The van der Waals surface area contributed by atoms with Crippen LogP contribution in [0.3, 0.4) is 0 Å². The van der Waals surface area contributed by atoms with Crippen LogP contribution in [0, 0.1) is 0 Å². The average Bonchev–Trinajstić information content (AvgIpc) is 3.20. The van der Waals surface area contributed by atoms with E-state index in [-0.39, 0.29) is 11.9 Å². The molecule has 0 aliphatic heterocycles. The first-order valence-corrected chi connectivity index (χ1v) is 6.15. The summed E-state index contributed by atoms with van der Waals surface area (Å²) in [4.78, 5) is 12.1. The Bertz CT molecular complexity index is 707. The maximum Gasteiger partial charge on any atom is 0.251 e. The summed E-state index contributed by atoms with van der Waals surface area (Å²) in [7, 11) is 0. The number of hydrogen-bond acceptors (Lipinski definition) is 7. The van der Waals surface area contributed by atoms with Crippen LogP contribution in [0.4, 0.5) is 0 Å². The maximum absolute atomic E-state index is 12.1. The molecule has 0 saturated heterocycles. The minimum absolute atomic E-state index is 0.232. The lowest BCUT2D eigenvalue weighted by Crippen LogP contribution is -2.27. The molecule has 3 rings (SSSR count). The Morgan fingerprint density at radius 3 is 2.71 bits per heavy atom. The molecule has 2 N–H and O–H groups in total. The first kappa shape index (κ1) is 12.9. The summed E-state index contributed by atoms with van der Waals surface area (Å²) in [6.45, 7) is 1.77. The molecule has 106 valence electrons. The molecule has 21 heavy (non-hydrogen) atoms. The molecule has 1 atom stereocenters. The fourth-order valence-corrected chi connectivity index (χ4v) is 1.76. The highest BCUT2D eigenvalue weighted by molar-refractivity contribution is 5.94. The van der Waals surface area contributed by atoms with Crippen LogP contribution >= 0.6 is 0 Å². The van der Waals surface area contributed by atoms with Gasteiger partial charge in [-0.15, -0.1) is 20.4 Å². The Labute approximate surface area is 118 Å². The zero-order valence-electron chi connectivity index (χ0n) is 11.0. The van der Waals surface area contributed by atoms with Gasteiger partial charge in [0, 0.05) is 11.1 Å². The van der Waals surface area contributed by atoms with Gasteiger partial charge in [-0.3, -0.25) is 4.79 Å². The molecule has 0 spiro atoms. The molecule has 2 aromatic heterocycles. The first-order chi connectivity index (χ1) is 10.2. The number of carbonyl (C=O) groups excluding carboxylic acids is 1. The quantitative estimate of drug-likeness (QED) is 0.724. The number of rotatable bonds is 4. The Balaban J connectivity index is 1.70. The van der Waals surface area contributed by atoms with Crippen molar-refractivity contribution in [2.75, 3.05) is 0 Å². The lowest BCUT2D eigenvalue weighted by Gasteiger charge is -2.09. The molecule has 9 heteroatoms. The minimum Gasteiger partial charge on any atom is -0.423 e. The highest BCUT2D eigenvalue weighted by Gasteiger charge is 2.15. The highest BCUT2D eigenvalue weighted by Crippen LogP contribution is 2.17. The molecule has 9 nitrogen and oxygen atoms in total. The van der Waals surface area contributed by atoms with Crippen LogP contribution in [0.25, 0.3) is 11.5 Å². The third-order valence-electron chi connectivity index (χ3n) is 2.85. The fourth-order valence-electron chi connectivity index (χ4n) is 1.76. The van der Waals surface area contributed by atoms with Crippen molar-refractivity contribution < 1.29 is 9.21 Å². The van der Waals surface area contributed by atoms with E-state index in [1.165, 1.54) is 6.39 Å². The second-order valence-corrected chi connectivity index (χ2v) is 4.29. The summed E-state index contributed by atoms with van der Waals surface area (Å²) in [6, 6.07) is 6.49. The fraction of sp³-hybridized carbons (Fsp3) is 0.167. The number of nitrogens with one attached hydrogen (secondary N) is 2. The van der Waals surface area contributed by atoms with E-state index in [0.717, 1.165) is 5.56 Å².